The van der Waals surface area contributed by atoms with Gasteiger partial charge in [-0.3, -0.25) is 0 Å². The van der Waals surface area contributed by atoms with Gasteiger partial charge in [-0.2, -0.15) is 0 Å². The van der Waals surface area contributed by atoms with E-state index in [-0.39, 0.29) is 0 Å². The molecule has 0 saturated carbocycles. The van der Waals surface area contributed by atoms with Crippen LogP contribution in [-0.2, 0) is 0 Å². The number of nitrogens with zero attached hydrogens (tertiary/aromatic N) is 2. The molecule has 21 heavy (non-hydrogen) atoms. The van der Waals surface area contributed by atoms with Crippen molar-refractivity contribution in [1.82, 2.24) is 4.90 Å². The second kappa shape index (κ2) is 6.39. The molecular weight excluding hydrogens is 256 g/mol. The first kappa shape index (κ1) is 14.9. The number of piperidine rings is 1. The fraction of sp³-hybridized carbons (Fsp3) is 0.684. The molecule has 2 aliphatic rings. The SMILES string of the molecule is Cc1cccc(N2CCC(CN3CCC(C)CC3)C2)c1C. The summed E-state index contributed by atoms with van der Waals surface area (Å²) in [6.45, 7) is 13.3. The van der Waals surface area contributed by atoms with Crippen LogP contribution in [0, 0.1) is 25.7 Å². The molecule has 0 N–H and O–H groups in total. The number of anilines is 1. The topological polar surface area (TPSA) is 6.48 Å². The highest BCUT2D eigenvalue weighted by Crippen LogP contribution is 2.29. The van der Waals surface area contributed by atoms with Gasteiger partial charge in [0, 0.05) is 25.3 Å². The van der Waals surface area contributed by atoms with Crippen LogP contribution < -0.4 is 4.90 Å². The molecule has 2 nitrogen and oxygen atoms in total. The van der Waals surface area contributed by atoms with E-state index in [2.05, 4.69) is 48.8 Å². The molecule has 0 radical (unpaired) electrons. The normalized spacial score (nSPS) is 24.7. The number of hydrogen-bond donors (Lipinski definition) is 0. The zero-order valence-corrected chi connectivity index (χ0v) is 13.9. The van der Waals surface area contributed by atoms with Gasteiger partial charge in [0.15, 0.2) is 0 Å². The van der Waals surface area contributed by atoms with Gasteiger partial charge in [-0.15, -0.1) is 0 Å². The van der Waals surface area contributed by atoms with E-state index in [1.807, 2.05) is 0 Å². The molecule has 2 heterocycles. The van der Waals surface area contributed by atoms with Gasteiger partial charge >= 0.3 is 0 Å². The third-order valence-corrected chi connectivity index (χ3v) is 5.60. The summed E-state index contributed by atoms with van der Waals surface area (Å²) in [5, 5.41) is 0. The number of rotatable bonds is 3. The van der Waals surface area contributed by atoms with Crippen LogP contribution in [-0.4, -0.2) is 37.6 Å². The van der Waals surface area contributed by atoms with Gasteiger partial charge in [0.05, 0.1) is 0 Å². The summed E-state index contributed by atoms with van der Waals surface area (Å²) >= 11 is 0. The number of likely N-dealkylation sites (tertiary alicyclic amines) is 1. The van der Waals surface area contributed by atoms with Gasteiger partial charge in [0.2, 0.25) is 0 Å². The van der Waals surface area contributed by atoms with Crippen LogP contribution in [0.4, 0.5) is 5.69 Å². The highest BCUT2D eigenvalue weighted by molar-refractivity contribution is 5.56. The second-order valence-corrected chi connectivity index (χ2v) is 7.30. The molecule has 1 aromatic rings. The van der Waals surface area contributed by atoms with Crippen LogP contribution in [0.3, 0.4) is 0 Å². The van der Waals surface area contributed by atoms with Crippen LogP contribution in [0.25, 0.3) is 0 Å². The summed E-state index contributed by atoms with van der Waals surface area (Å²) in [7, 11) is 0. The quantitative estimate of drug-likeness (QED) is 0.832. The van der Waals surface area contributed by atoms with E-state index in [1.165, 1.54) is 68.8 Å². The van der Waals surface area contributed by atoms with Crippen molar-refractivity contribution < 1.29 is 0 Å². The van der Waals surface area contributed by atoms with E-state index in [0.717, 1.165) is 11.8 Å². The summed E-state index contributed by atoms with van der Waals surface area (Å²) in [5.41, 5.74) is 4.34. The van der Waals surface area contributed by atoms with E-state index < -0.39 is 0 Å². The minimum absolute atomic E-state index is 0.860. The van der Waals surface area contributed by atoms with Crippen LogP contribution in [0.5, 0.6) is 0 Å². The Kier molecular flexibility index (Phi) is 4.54. The predicted octanol–water partition coefficient (Wildman–Crippen LogP) is 3.86. The molecule has 0 spiro atoms. The molecule has 1 atom stereocenters. The van der Waals surface area contributed by atoms with Gasteiger partial charge in [0.1, 0.15) is 0 Å². The number of benzene rings is 1. The van der Waals surface area contributed by atoms with E-state index >= 15 is 0 Å². The largest absolute Gasteiger partial charge is 0.371 e. The molecule has 1 aromatic carbocycles. The van der Waals surface area contributed by atoms with E-state index in [0.29, 0.717) is 0 Å². The van der Waals surface area contributed by atoms with Crippen LogP contribution in [0.15, 0.2) is 18.2 Å². The lowest BCUT2D eigenvalue weighted by Gasteiger charge is -2.32. The summed E-state index contributed by atoms with van der Waals surface area (Å²) in [6, 6.07) is 6.73. The van der Waals surface area contributed by atoms with Gasteiger partial charge in [-0.25, -0.2) is 0 Å². The minimum atomic E-state index is 0.860. The molecule has 2 aliphatic heterocycles. The predicted molar refractivity (Wildman–Crippen MR) is 91.1 cm³/mol. The average Bonchev–Trinajstić information content (AvgIpc) is 2.93. The summed E-state index contributed by atoms with van der Waals surface area (Å²) < 4.78 is 0. The third kappa shape index (κ3) is 3.42. The van der Waals surface area contributed by atoms with Crippen LogP contribution >= 0.6 is 0 Å². The molecule has 2 saturated heterocycles. The monoisotopic (exact) mass is 286 g/mol. The van der Waals surface area contributed by atoms with Crippen molar-refractivity contribution in [3.05, 3.63) is 29.3 Å². The van der Waals surface area contributed by atoms with E-state index in [4.69, 9.17) is 0 Å². The maximum absolute atomic E-state index is 2.71. The molecule has 3 rings (SSSR count). The third-order valence-electron chi connectivity index (χ3n) is 5.60. The minimum Gasteiger partial charge on any atom is -0.371 e. The van der Waals surface area contributed by atoms with Crippen molar-refractivity contribution in [3.8, 4) is 0 Å². The smallest absolute Gasteiger partial charge is 0.0398 e. The molecule has 1 unspecified atom stereocenters. The maximum Gasteiger partial charge on any atom is 0.0398 e. The molecule has 2 heteroatoms. The van der Waals surface area contributed by atoms with Crippen molar-refractivity contribution in [3.63, 3.8) is 0 Å². The molecule has 2 fully saturated rings. The van der Waals surface area contributed by atoms with Gasteiger partial charge in [-0.1, -0.05) is 19.1 Å². The van der Waals surface area contributed by atoms with Crippen molar-refractivity contribution in [1.29, 1.82) is 0 Å². The zero-order chi connectivity index (χ0) is 14.8. The van der Waals surface area contributed by atoms with Gasteiger partial charge < -0.3 is 9.80 Å². The Labute approximate surface area is 130 Å². The highest BCUT2D eigenvalue weighted by atomic mass is 15.2. The summed E-state index contributed by atoms with van der Waals surface area (Å²) in [6.07, 6.45) is 4.15. The summed E-state index contributed by atoms with van der Waals surface area (Å²) in [5.74, 6) is 1.80. The number of hydrogen-bond acceptors (Lipinski definition) is 2. The Bertz CT molecular complexity index is 474. The van der Waals surface area contributed by atoms with E-state index in [9.17, 15) is 0 Å². The van der Waals surface area contributed by atoms with Crippen molar-refractivity contribution in [2.45, 2.75) is 40.0 Å². The molecular formula is C19H30N2. The second-order valence-electron chi connectivity index (χ2n) is 7.30. The first-order valence-corrected chi connectivity index (χ1v) is 8.67. The molecule has 0 aliphatic carbocycles. The maximum atomic E-state index is 2.71. The first-order chi connectivity index (χ1) is 10.1. The fourth-order valence-corrected chi connectivity index (χ4v) is 3.89. The van der Waals surface area contributed by atoms with Crippen molar-refractivity contribution in [2.24, 2.45) is 11.8 Å². The Morgan fingerprint density at radius 2 is 1.81 bits per heavy atom. The van der Waals surface area contributed by atoms with Crippen molar-refractivity contribution >= 4 is 5.69 Å². The van der Waals surface area contributed by atoms with Gasteiger partial charge in [-0.05, 0) is 75.2 Å². The first-order valence-electron chi connectivity index (χ1n) is 8.67. The Morgan fingerprint density at radius 1 is 1.05 bits per heavy atom. The van der Waals surface area contributed by atoms with Crippen LogP contribution in [0.2, 0.25) is 0 Å². The summed E-state index contributed by atoms with van der Waals surface area (Å²) in [4.78, 5) is 5.32. The molecule has 0 amide bonds. The zero-order valence-electron chi connectivity index (χ0n) is 13.9. The lowest BCUT2D eigenvalue weighted by Crippen LogP contribution is -2.37. The Hall–Kier alpha value is -1.02. The fourth-order valence-electron chi connectivity index (χ4n) is 3.89. The number of aryl methyl sites for hydroxylation is 1. The molecule has 0 aromatic heterocycles. The molecule has 116 valence electrons. The van der Waals surface area contributed by atoms with Crippen LogP contribution in [0.1, 0.15) is 37.3 Å². The average molecular weight is 286 g/mol. The standard InChI is InChI=1S/C19H30N2/c1-15-7-10-20(11-8-15)13-18-9-12-21(14-18)19-6-4-5-16(2)17(19)3/h4-6,15,18H,7-14H2,1-3H3. The van der Waals surface area contributed by atoms with E-state index in [1.54, 1.807) is 0 Å². The Morgan fingerprint density at radius 3 is 2.57 bits per heavy atom. The Balaban J connectivity index is 1.57. The van der Waals surface area contributed by atoms with Crippen molar-refractivity contribution in [2.75, 3.05) is 37.6 Å². The van der Waals surface area contributed by atoms with Gasteiger partial charge in [0.25, 0.3) is 0 Å². The molecule has 0 bridgehead atoms. The lowest BCUT2D eigenvalue weighted by molar-refractivity contribution is 0.171. The highest BCUT2D eigenvalue weighted by Gasteiger charge is 2.26. The lowest BCUT2D eigenvalue weighted by atomic mass is 9.98.